The molecule has 1 aliphatic rings. The summed E-state index contributed by atoms with van der Waals surface area (Å²) in [5.74, 6) is -2.60. The van der Waals surface area contributed by atoms with E-state index in [4.69, 9.17) is 9.47 Å². The number of benzene rings is 1. The van der Waals surface area contributed by atoms with Gasteiger partial charge in [-0.05, 0) is 19.4 Å². The van der Waals surface area contributed by atoms with Crippen LogP contribution in [0, 0.1) is 0 Å². The van der Waals surface area contributed by atoms with E-state index in [1.165, 1.54) is 0 Å². The molecule has 1 fully saturated rings. The summed E-state index contributed by atoms with van der Waals surface area (Å²) >= 11 is 0. The van der Waals surface area contributed by atoms with E-state index in [1.54, 1.807) is 38.1 Å². The lowest BCUT2D eigenvalue weighted by atomic mass is 9.80. The molecule has 1 saturated heterocycles. The molecule has 0 radical (unpaired) electrons. The van der Waals surface area contributed by atoms with Gasteiger partial charge in [-0.1, -0.05) is 30.3 Å². The molecule has 2 rings (SSSR count). The molecule has 6 nitrogen and oxygen atoms in total. The normalized spacial score (nSPS) is 19.4. The molecule has 0 saturated carbocycles. The van der Waals surface area contributed by atoms with Gasteiger partial charge in [-0.25, -0.2) is 9.59 Å². The highest BCUT2D eigenvalue weighted by molar-refractivity contribution is 6.11. The van der Waals surface area contributed by atoms with Crippen molar-refractivity contribution >= 4 is 17.8 Å². The summed E-state index contributed by atoms with van der Waals surface area (Å²) in [7, 11) is 0. The van der Waals surface area contributed by atoms with Crippen LogP contribution in [-0.2, 0) is 23.9 Å². The van der Waals surface area contributed by atoms with Crippen molar-refractivity contribution in [2.75, 3.05) is 13.2 Å². The monoisotopic (exact) mass is 305 g/mol. The molecule has 1 amide bonds. The number of amides is 1. The molecule has 1 aromatic rings. The Morgan fingerprint density at radius 2 is 1.68 bits per heavy atom. The minimum atomic E-state index is -1.82. The van der Waals surface area contributed by atoms with Crippen LogP contribution in [0.1, 0.15) is 31.7 Å². The van der Waals surface area contributed by atoms with Crippen molar-refractivity contribution < 1.29 is 23.9 Å². The van der Waals surface area contributed by atoms with Crippen molar-refractivity contribution in [3.8, 4) is 0 Å². The first-order valence-corrected chi connectivity index (χ1v) is 7.26. The number of esters is 2. The molecule has 1 aromatic carbocycles. The van der Waals surface area contributed by atoms with Crippen LogP contribution < -0.4 is 5.32 Å². The molecule has 1 atom stereocenters. The number of hydrogen-bond donors (Lipinski definition) is 1. The third kappa shape index (κ3) is 2.68. The summed E-state index contributed by atoms with van der Waals surface area (Å²) in [6, 6.07) is 8.96. The van der Waals surface area contributed by atoms with Crippen LogP contribution in [0.25, 0.3) is 0 Å². The van der Waals surface area contributed by atoms with Gasteiger partial charge in [0.05, 0.1) is 13.2 Å². The van der Waals surface area contributed by atoms with Crippen molar-refractivity contribution in [1.29, 1.82) is 0 Å². The zero-order valence-electron chi connectivity index (χ0n) is 12.6. The van der Waals surface area contributed by atoms with Crippen LogP contribution >= 0.6 is 0 Å². The minimum Gasteiger partial charge on any atom is -0.464 e. The largest absolute Gasteiger partial charge is 0.464 e. The Kier molecular flexibility index (Phi) is 4.80. The molecule has 0 bridgehead atoms. The molecule has 0 unspecified atom stereocenters. The Morgan fingerprint density at radius 3 is 2.18 bits per heavy atom. The molecule has 22 heavy (non-hydrogen) atoms. The molecule has 0 aromatic heterocycles. The van der Waals surface area contributed by atoms with Crippen LogP contribution in [0.4, 0.5) is 0 Å². The lowest BCUT2D eigenvalue weighted by Gasteiger charge is -2.30. The lowest BCUT2D eigenvalue weighted by molar-refractivity contribution is -0.167. The predicted molar refractivity (Wildman–Crippen MR) is 77.9 cm³/mol. The van der Waals surface area contributed by atoms with Gasteiger partial charge >= 0.3 is 11.9 Å². The minimum absolute atomic E-state index is 0.0294. The second-order valence-electron chi connectivity index (χ2n) is 4.96. The second-order valence-corrected chi connectivity index (χ2v) is 4.96. The van der Waals surface area contributed by atoms with E-state index in [0.717, 1.165) is 0 Å². The van der Waals surface area contributed by atoms with Crippen LogP contribution in [-0.4, -0.2) is 36.6 Å². The zero-order chi connectivity index (χ0) is 16.2. The van der Waals surface area contributed by atoms with Crippen LogP contribution in [0.5, 0.6) is 0 Å². The number of rotatable bonds is 5. The summed E-state index contributed by atoms with van der Waals surface area (Å²) in [6.07, 6.45) is 0.0294. The molecule has 1 heterocycles. The van der Waals surface area contributed by atoms with Crippen LogP contribution in [0.2, 0.25) is 0 Å². The Bertz CT molecular complexity index is 551. The number of carbonyl (C=O) groups is 3. The fraction of sp³-hybridized carbons (Fsp3) is 0.438. The summed E-state index contributed by atoms with van der Waals surface area (Å²) in [4.78, 5) is 36.9. The standard InChI is InChI=1S/C16H19NO5/c1-3-21-14(19)16(15(20)22-4-2)12(10-13(18)17-16)11-8-6-5-7-9-11/h5-9,12H,3-4,10H2,1-2H3,(H,17,18)/t12-/m0/s1. The maximum absolute atomic E-state index is 12.5. The first-order chi connectivity index (χ1) is 10.6. The van der Waals surface area contributed by atoms with E-state index in [0.29, 0.717) is 5.56 Å². The maximum atomic E-state index is 12.5. The molecule has 0 aliphatic carbocycles. The van der Waals surface area contributed by atoms with Crippen molar-refractivity contribution in [2.24, 2.45) is 0 Å². The Morgan fingerprint density at radius 1 is 1.14 bits per heavy atom. The van der Waals surface area contributed by atoms with Gasteiger partial charge in [0.25, 0.3) is 0 Å². The third-order valence-corrected chi connectivity index (χ3v) is 3.65. The maximum Gasteiger partial charge on any atom is 0.344 e. The highest BCUT2D eigenvalue weighted by atomic mass is 16.6. The van der Waals surface area contributed by atoms with E-state index in [9.17, 15) is 14.4 Å². The number of nitrogens with one attached hydrogen (secondary N) is 1. The van der Waals surface area contributed by atoms with E-state index >= 15 is 0 Å². The molecular weight excluding hydrogens is 286 g/mol. The van der Waals surface area contributed by atoms with Gasteiger partial charge in [0.2, 0.25) is 11.4 Å². The van der Waals surface area contributed by atoms with Crippen molar-refractivity contribution in [1.82, 2.24) is 5.32 Å². The first kappa shape index (κ1) is 16.0. The Labute approximate surface area is 128 Å². The van der Waals surface area contributed by atoms with Crippen molar-refractivity contribution in [2.45, 2.75) is 31.7 Å². The topological polar surface area (TPSA) is 81.7 Å². The van der Waals surface area contributed by atoms with Gasteiger partial charge in [-0.3, -0.25) is 4.79 Å². The fourth-order valence-corrected chi connectivity index (χ4v) is 2.71. The summed E-state index contributed by atoms with van der Waals surface area (Å²) in [5.41, 5.74) is -1.10. The zero-order valence-corrected chi connectivity index (χ0v) is 12.6. The summed E-state index contributed by atoms with van der Waals surface area (Å²) in [5, 5.41) is 2.50. The van der Waals surface area contributed by atoms with Gasteiger partial charge in [0.15, 0.2) is 0 Å². The number of hydrogen-bond acceptors (Lipinski definition) is 5. The Hall–Kier alpha value is -2.37. The van der Waals surface area contributed by atoms with Crippen molar-refractivity contribution in [3.63, 3.8) is 0 Å². The Balaban J connectivity index is 2.50. The van der Waals surface area contributed by atoms with E-state index in [2.05, 4.69) is 5.32 Å². The van der Waals surface area contributed by atoms with E-state index in [-0.39, 0.29) is 25.5 Å². The second kappa shape index (κ2) is 6.60. The molecule has 118 valence electrons. The highest BCUT2D eigenvalue weighted by Crippen LogP contribution is 2.38. The van der Waals surface area contributed by atoms with Crippen LogP contribution in [0.3, 0.4) is 0 Å². The average Bonchev–Trinajstić information content (AvgIpc) is 2.87. The average molecular weight is 305 g/mol. The quantitative estimate of drug-likeness (QED) is 0.652. The lowest BCUT2D eigenvalue weighted by Crippen LogP contribution is -2.59. The predicted octanol–water partition coefficient (Wildman–Crippen LogP) is 1.16. The molecule has 1 aliphatic heterocycles. The SMILES string of the molecule is CCOC(=O)C1(C(=O)OCC)NC(=O)C[C@H]1c1ccccc1. The summed E-state index contributed by atoms with van der Waals surface area (Å²) in [6.45, 7) is 3.50. The number of ether oxygens (including phenoxy) is 2. The van der Waals surface area contributed by atoms with Gasteiger partial charge < -0.3 is 14.8 Å². The smallest absolute Gasteiger partial charge is 0.344 e. The van der Waals surface area contributed by atoms with E-state index < -0.39 is 23.4 Å². The molecule has 1 N–H and O–H groups in total. The fourth-order valence-electron chi connectivity index (χ4n) is 2.71. The summed E-state index contributed by atoms with van der Waals surface area (Å²) < 4.78 is 10.1. The van der Waals surface area contributed by atoms with E-state index in [1.807, 2.05) is 6.07 Å². The van der Waals surface area contributed by atoms with Gasteiger partial charge in [0, 0.05) is 12.3 Å². The van der Waals surface area contributed by atoms with Gasteiger partial charge in [-0.2, -0.15) is 0 Å². The first-order valence-electron chi connectivity index (χ1n) is 7.26. The highest BCUT2D eigenvalue weighted by Gasteiger charge is 2.61. The number of carbonyl (C=O) groups excluding carboxylic acids is 3. The molecule has 6 heteroatoms. The van der Waals surface area contributed by atoms with Gasteiger partial charge in [-0.15, -0.1) is 0 Å². The van der Waals surface area contributed by atoms with Crippen LogP contribution in [0.15, 0.2) is 30.3 Å². The molecule has 0 spiro atoms. The van der Waals surface area contributed by atoms with Gasteiger partial charge in [0.1, 0.15) is 0 Å². The molecular formula is C16H19NO5. The third-order valence-electron chi connectivity index (χ3n) is 3.65. The van der Waals surface area contributed by atoms with Crippen molar-refractivity contribution in [3.05, 3.63) is 35.9 Å².